The van der Waals surface area contributed by atoms with Gasteiger partial charge in [-0.1, -0.05) is 0 Å². The van der Waals surface area contributed by atoms with Crippen LogP contribution < -0.4 is 0 Å². The second kappa shape index (κ2) is 4.94. The van der Waals surface area contributed by atoms with E-state index in [1.54, 1.807) is 7.11 Å². The molecule has 1 atom stereocenters. The topological polar surface area (TPSA) is 29.5 Å². The molecule has 0 bridgehead atoms. The number of benzene rings is 1. The lowest BCUT2D eigenvalue weighted by atomic mass is 9.75. The van der Waals surface area contributed by atoms with Gasteiger partial charge in [0.2, 0.25) is 0 Å². The van der Waals surface area contributed by atoms with Crippen LogP contribution in [-0.4, -0.2) is 17.8 Å². The summed E-state index contributed by atoms with van der Waals surface area (Å²) in [6.07, 6.45) is 2.04. The highest BCUT2D eigenvalue weighted by Gasteiger charge is 2.39. The Morgan fingerprint density at radius 3 is 2.50 bits per heavy atom. The molecular formula is C14H18F2O2. The van der Waals surface area contributed by atoms with Crippen LogP contribution in [0, 0.1) is 18.6 Å². The monoisotopic (exact) mass is 256 g/mol. The molecule has 1 aromatic carbocycles. The van der Waals surface area contributed by atoms with Crippen molar-refractivity contribution in [2.75, 3.05) is 7.11 Å². The highest BCUT2D eigenvalue weighted by molar-refractivity contribution is 5.27. The SMILES string of the molecule is COC1(CC(O)c2cc(F)c(C)cc2F)CCC1. The number of halogens is 2. The molecule has 100 valence electrons. The summed E-state index contributed by atoms with van der Waals surface area (Å²) in [4.78, 5) is 0. The van der Waals surface area contributed by atoms with Gasteiger partial charge in [-0.15, -0.1) is 0 Å². The number of aryl methyl sites for hydroxylation is 1. The van der Waals surface area contributed by atoms with Crippen LogP contribution >= 0.6 is 0 Å². The molecule has 0 radical (unpaired) electrons. The molecule has 0 aromatic heterocycles. The minimum Gasteiger partial charge on any atom is -0.388 e. The summed E-state index contributed by atoms with van der Waals surface area (Å²) in [7, 11) is 1.60. The van der Waals surface area contributed by atoms with Gasteiger partial charge in [-0.3, -0.25) is 0 Å². The smallest absolute Gasteiger partial charge is 0.129 e. The van der Waals surface area contributed by atoms with Gasteiger partial charge in [-0.05, 0) is 43.9 Å². The minimum atomic E-state index is -1.03. The van der Waals surface area contributed by atoms with Crippen molar-refractivity contribution in [1.82, 2.24) is 0 Å². The number of ether oxygens (including phenoxy) is 1. The molecule has 0 amide bonds. The lowest BCUT2D eigenvalue weighted by Gasteiger charge is -2.41. The quantitative estimate of drug-likeness (QED) is 0.896. The van der Waals surface area contributed by atoms with Crippen LogP contribution in [0.3, 0.4) is 0 Å². The Kier molecular flexibility index (Phi) is 3.69. The standard InChI is InChI=1S/C14H18F2O2/c1-9-6-12(16)10(7-11(9)15)13(17)8-14(18-2)4-3-5-14/h6-7,13,17H,3-5,8H2,1-2H3. The minimum absolute atomic E-state index is 0.0152. The van der Waals surface area contributed by atoms with Crippen molar-refractivity contribution < 1.29 is 18.6 Å². The fourth-order valence-electron chi connectivity index (χ4n) is 2.44. The third-order valence-corrected chi connectivity index (χ3v) is 3.90. The van der Waals surface area contributed by atoms with Crippen LogP contribution in [-0.2, 0) is 4.74 Å². The molecule has 0 spiro atoms. The lowest BCUT2D eigenvalue weighted by molar-refractivity contribution is -0.100. The predicted molar refractivity (Wildman–Crippen MR) is 64.3 cm³/mol. The Balaban J connectivity index is 2.18. The summed E-state index contributed by atoms with van der Waals surface area (Å²) in [5.74, 6) is -1.06. The van der Waals surface area contributed by atoms with Gasteiger partial charge in [0, 0.05) is 19.1 Å². The Hall–Kier alpha value is -1.00. The van der Waals surface area contributed by atoms with Gasteiger partial charge in [0.1, 0.15) is 11.6 Å². The van der Waals surface area contributed by atoms with Gasteiger partial charge >= 0.3 is 0 Å². The summed E-state index contributed by atoms with van der Waals surface area (Å²) in [5.41, 5.74) is -0.109. The molecule has 0 heterocycles. The number of aliphatic hydroxyl groups excluding tert-OH is 1. The van der Waals surface area contributed by atoms with Crippen LogP contribution in [0.15, 0.2) is 12.1 Å². The molecular weight excluding hydrogens is 238 g/mol. The van der Waals surface area contributed by atoms with Crippen molar-refractivity contribution in [1.29, 1.82) is 0 Å². The Morgan fingerprint density at radius 2 is 2.00 bits per heavy atom. The normalized spacial score (nSPS) is 19.4. The average Bonchev–Trinajstić information content (AvgIpc) is 2.28. The van der Waals surface area contributed by atoms with E-state index in [4.69, 9.17) is 4.74 Å². The molecule has 0 aliphatic heterocycles. The van der Waals surface area contributed by atoms with Crippen molar-refractivity contribution in [2.24, 2.45) is 0 Å². The average molecular weight is 256 g/mol. The number of hydrogen-bond donors (Lipinski definition) is 1. The molecule has 1 aliphatic rings. The van der Waals surface area contributed by atoms with Crippen molar-refractivity contribution >= 4 is 0 Å². The van der Waals surface area contributed by atoms with E-state index in [0.29, 0.717) is 6.42 Å². The third-order valence-electron chi connectivity index (χ3n) is 3.90. The molecule has 1 aliphatic carbocycles. The van der Waals surface area contributed by atoms with Gasteiger partial charge in [0.15, 0.2) is 0 Å². The highest BCUT2D eigenvalue weighted by Crippen LogP contribution is 2.42. The Morgan fingerprint density at radius 1 is 1.33 bits per heavy atom. The molecule has 0 saturated heterocycles. The number of methoxy groups -OCH3 is 1. The van der Waals surface area contributed by atoms with Crippen molar-refractivity contribution in [2.45, 2.75) is 44.3 Å². The van der Waals surface area contributed by atoms with E-state index in [1.807, 2.05) is 0 Å². The van der Waals surface area contributed by atoms with E-state index < -0.39 is 17.7 Å². The molecule has 1 unspecified atom stereocenters. The van der Waals surface area contributed by atoms with E-state index in [2.05, 4.69) is 0 Å². The first kappa shape index (κ1) is 13.4. The van der Waals surface area contributed by atoms with Gasteiger partial charge < -0.3 is 9.84 Å². The third kappa shape index (κ3) is 2.40. The van der Waals surface area contributed by atoms with E-state index in [1.165, 1.54) is 6.92 Å². The molecule has 2 rings (SSSR count). The number of aliphatic hydroxyl groups is 1. The van der Waals surface area contributed by atoms with Crippen LogP contribution in [0.1, 0.15) is 42.9 Å². The molecule has 1 N–H and O–H groups in total. The van der Waals surface area contributed by atoms with E-state index in [0.717, 1.165) is 31.4 Å². The zero-order valence-corrected chi connectivity index (χ0v) is 10.7. The highest BCUT2D eigenvalue weighted by atomic mass is 19.1. The largest absolute Gasteiger partial charge is 0.388 e. The molecule has 2 nitrogen and oxygen atoms in total. The fourth-order valence-corrected chi connectivity index (χ4v) is 2.44. The first-order valence-electron chi connectivity index (χ1n) is 6.16. The Bertz CT molecular complexity index is 436. The zero-order valence-electron chi connectivity index (χ0n) is 10.7. The molecule has 1 saturated carbocycles. The van der Waals surface area contributed by atoms with Crippen LogP contribution in [0.5, 0.6) is 0 Å². The maximum atomic E-state index is 13.7. The van der Waals surface area contributed by atoms with Crippen LogP contribution in [0.4, 0.5) is 8.78 Å². The van der Waals surface area contributed by atoms with Crippen molar-refractivity contribution in [3.05, 3.63) is 34.9 Å². The van der Waals surface area contributed by atoms with Crippen LogP contribution in [0.25, 0.3) is 0 Å². The van der Waals surface area contributed by atoms with Gasteiger partial charge in [-0.25, -0.2) is 8.78 Å². The summed E-state index contributed by atoms with van der Waals surface area (Å²) >= 11 is 0. The van der Waals surface area contributed by atoms with E-state index in [-0.39, 0.29) is 16.7 Å². The van der Waals surface area contributed by atoms with Crippen molar-refractivity contribution in [3.63, 3.8) is 0 Å². The van der Waals surface area contributed by atoms with Gasteiger partial charge in [-0.2, -0.15) is 0 Å². The predicted octanol–water partition coefficient (Wildman–Crippen LogP) is 3.27. The number of rotatable bonds is 4. The summed E-state index contributed by atoms with van der Waals surface area (Å²) in [6, 6.07) is 2.20. The van der Waals surface area contributed by atoms with Gasteiger partial charge in [0.25, 0.3) is 0 Å². The second-order valence-corrected chi connectivity index (χ2v) is 5.08. The summed E-state index contributed by atoms with van der Waals surface area (Å²) < 4.78 is 32.5. The molecule has 18 heavy (non-hydrogen) atoms. The summed E-state index contributed by atoms with van der Waals surface area (Å²) in [5, 5.41) is 10.1. The van der Waals surface area contributed by atoms with E-state index in [9.17, 15) is 13.9 Å². The van der Waals surface area contributed by atoms with Gasteiger partial charge in [0.05, 0.1) is 11.7 Å². The second-order valence-electron chi connectivity index (χ2n) is 5.08. The molecule has 4 heteroatoms. The van der Waals surface area contributed by atoms with Crippen molar-refractivity contribution in [3.8, 4) is 0 Å². The van der Waals surface area contributed by atoms with E-state index >= 15 is 0 Å². The Labute approximate surface area is 106 Å². The first-order chi connectivity index (χ1) is 8.47. The fraction of sp³-hybridized carbons (Fsp3) is 0.571. The number of hydrogen-bond acceptors (Lipinski definition) is 2. The summed E-state index contributed by atoms with van der Waals surface area (Å²) in [6.45, 7) is 1.50. The maximum absolute atomic E-state index is 13.7. The zero-order chi connectivity index (χ0) is 13.3. The molecule has 1 fully saturated rings. The lowest BCUT2D eigenvalue weighted by Crippen LogP contribution is -2.40. The first-order valence-corrected chi connectivity index (χ1v) is 6.16. The van der Waals surface area contributed by atoms with Crippen LogP contribution in [0.2, 0.25) is 0 Å². The maximum Gasteiger partial charge on any atom is 0.129 e. The molecule has 1 aromatic rings.